The molecule has 3 nitrogen and oxygen atoms in total. The Hall–Kier alpha value is -1.35. The van der Waals surface area contributed by atoms with Crippen molar-refractivity contribution in [1.82, 2.24) is 4.90 Å². The summed E-state index contributed by atoms with van der Waals surface area (Å²) < 4.78 is 0. The Kier molecular flexibility index (Phi) is 2.84. The van der Waals surface area contributed by atoms with Crippen LogP contribution in [-0.4, -0.2) is 34.6 Å². The number of hydrogen-bond acceptors (Lipinski definition) is 2. The van der Waals surface area contributed by atoms with Crippen molar-refractivity contribution in [3.63, 3.8) is 0 Å². The molecule has 1 saturated heterocycles. The van der Waals surface area contributed by atoms with E-state index >= 15 is 0 Å². The highest BCUT2D eigenvalue weighted by Crippen LogP contribution is 2.44. The molecular weight excluding hydrogens is 250 g/mol. The van der Waals surface area contributed by atoms with Gasteiger partial charge in [-0.3, -0.25) is 9.69 Å². The number of nitrogens with zero attached hydrogens (tertiary/aromatic N) is 1. The van der Waals surface area contributed by atoms with Crippen LogP contribution in [0.3, 0.4) is 0 Å². The summed E-state index contributed by atoms with van der Waals surface area (Å²) in [6, 6.07) is 8.74. The first-order valence-electron chi connectivity index (χ1n) is 7.79. The number of fused-ring (bicyclic) bond motifs is 2. The molecular formula is C17H21NO2. The quantitative estimate of drug-likeness (QED) is 0.897. The molecule has 1 aromatic carbocycles. The zero-order chi connectivity index (χ0) is 13.7. The molecule has 1 aliphatic heterocycles. The minimum atomic E-state index is -0.602. The number of benzene rings is 1. The zero-order valence-corrected chi connectivity index (χ0v) is 11.7. The molecule has 0 amide bonds. The van der Waals surface area contributed by atoms with Crippen LogP contribution < -0.4 is 0 Å². The zero-order valence-electron chi connectivity index (χ0n) is 11.7. The average Bonchev–Trinajstić information content (AvgIpc) is 3.10. The Morgan fingerprint density at radius 1 is 1.15 bits per heavy atom. The second kappa shape index (κ2) is 4.59. The number of carbonyl (C=O) groups is 1. The van der Waals surface area contributed by atoms with Crippen LogP contribution in [0.25, 0.3) is 0 Å². The summed E-state index contributed by atoms with van der Waals surface area (Å²) in [6.45, 7) is 1.00. The molecule has 2 aliphatic carbocycles. The third kappa shape index (κ3) is 1.80. The topological polar surface area (TPSA) is 40.5 Å². The first kappa shape index (κ1) is 12.4. The van der Waals surface area contributed by atoms with Crippen molar-refractivity contribution in [3.8, 4) is 0 Å². The summed E-state index contributed by atoms with van der Waals surface area (Å²) in [5.41, 5.74) is 2.83. The average molecular weight is 271 g/mol. The van der Waals surface area contributed by atoms with Crippen LogP contribution in [-0.2, 0) is 17.6 Å². The van der Waals surface area contributed by atoms with E-state index < -0.39 is 5.97 Å². The lowest BCUT2D eigenvalue weighted by Gasteiger charge is -2.30. The molecule has 3 atom stereocenters. The molecule has 1 saturated carbocycles. The van der Waals surface area contributed by atoms with E-state index in [0.29, 0.717) is 17.9 Å². The minimum absolute atomic E-state index is 0.234. The van der Waals surface area contributed by atoms with Gasteiger partial charge in [0.15, 0.2) is 0 Å². The van der Waals surface area contributed by atoms with E-state index in [0.717, 1.165) is 25.8 Å². The van der Waals surface area contributed by atoms with Gasteiger partial charge in [-0.15, -0.1) is 0 Å². The first-order valence-corrected chi connectivity index (χ1v) is 7.79. The smallest absolute Gasteiger partial charge is 0.321 e. The molecule has 106 valence electrons. The van der Waals surface area contributed by atoms with Crippen molar-refractivity contribution >= 4 is 5.97 Å². The predicted octanol–water partition coefficient (Wildman–Crippen LogP) is 2.34. The molecule has 3 aliphatic rings. The molecule has 2 fully saturated rings. The van der Waals surface area contributed by atoms with Gasteiger partial charge in [0, 0.05) is 12.6 Å². The number of carboxylic acid groups (broad SMARTS) is 1. The third-order valence-corrected chi connectivity index (χ3v) is 5.68. The van der Waals surface area contributed by atoms with E-state index in [4.69, 9.17) is 0 Å². The van der Waals surface area contributed by atoms with Crippen LogP contribution in [0.1, 0.15) is 30.4 Å². The summed E-state index contributed by atoms with van der Waals surface area (Å²) in [5.74, 6) is 0.423. The second-order valence-electron chi connectivity index (χ2n) is 6.67. The van der Waals surface area contributed by atoms with Gasteiger partial charge in [-0.1, -0.05) is 30.7 Å². The van der Waals surface area contributed by atoms with Crippen LogP contribution in [0.15, 0.2) is 24.3 Å². The van der Waals surface area contributed by atoms with Gasteiger partial charge in [0.25, 0.3) is 0 Å². The SMILES string of the molecule is O=C(O)C1C2CCCC2CN1C1Cc2ccccc2C1. The van der Waals surface area contributed by atoms with Gasteiger partial charge < -0.3 is 5.11 Å². The van der Waals surface area contributed by atoms with Crippen molar-refractivity contribution < 1.29 is 9.90 Å². The molecule has 3 heteroatoms. The second-order valence-corrected chi connectivity index (χ2v) is 6.67. The normalized spacial score (nSPS) is 33.3. The predicted molar refractivity (Wildman–Crippen MR) is 76.6 cm³/mol. The number of carboxylic acids is 1. The van der Waals surface area contributed by atoms with Gasteiger partial charge in [0.2, 0.25) is 0 Å². The van der Waals surface area contributed by atoms with Gasteiger partial charge in [0.1, 0.15) is 6.04 Å². The summed E-state index contributed by atoms with van der Waals surface area (Å²) in [4.78, 5) is 14.1. The maximum Gasteiger partial charge on any atom is 0.321 e. The lowest BCUT2D eigenvalue weighted by atomic mass is 9.94. The summed E-state index contributed by atoms with van der Waals surface area (Å²) >= 11 is 0. The van der Waals surface area contributed by atoms with Crippen molar-refractivity contribution in [3.05, 3.63) is 35.4 Å². The molecule has 1 N–H and O–H groups in total. The summed E-state index contributed by atoms with van der Waals surface area (Å²) in [6.07, 6.45) is 5.61. The van der Waals surface area contributed by atoms with Crippen LogP contribution in [0.2, 0.25) is 0 Å². The van der Waals surface area contributed by atoms with Gasteiger partial charge in [-0.2, -0.15) is 0 Å². The largest absolute Gasteiger partial charge is 0.480 e. The molecule has 4 rings (SSSR count). The molecule has 20 heavy (non-hydrogen) atoms. The van der Waals surface area contributed by atoms with Crippen molar-refractivity contribution in [2.75, 3.05) is 6.54 Å². The van der Waals surface area contributed by atoms with Crippen molar-refractivity contribution in [1.29, 1.82) is 0 Å². The Bertz CT molecular complexity index is 517. The van der Waals surface area contributed by atoms with Gasteiger partial charge >= 0.3 is 5.97 Å². The van der Waals surface area contributed by atoms with Crippen LogP contribution in [0.5, 0.6) is 0 Å². The monoisotopic (exact) mass is 271 g/mol. The first-order chi connectivity index (χ1) is 9.74. The van der Waals surface area contributed by atoms with Crippen LogP contribution >= 0.6 is 0 Å². The van der Waals surface area contributed by atoms with E-state index in [9.17, 15) is 9.90 Å². The number of rotatable bonds is 2. The van der Waals surface area contributed by atoms with E-state index in [2.05, 4.69) is 29.2 Å². The Morgan fingerprint density at radius 3 is 2.50 bits per heavy atom. The fraction of sp³-hybridized carbons (Fsp3) is 0.588. The lowest BCUT2D eigenvalue weighted by Crippen LogP contribution is -2.46. The number of aliphatic carboxylic acids is 1. The Labute approximate surface area is 119 Å². The third-order valence-electron chi connectivity index (χ3n) is 5.68. The van der Waals surface area contributed by atoms with E-state index in [-0.39, 0.29) is 6.04 Å². The molecule has 1 aromatic rings. The van der Waals surface area contributed by atoms with Crippen molar-refractivity contribution in [2.45, 2.75) is 44.2 Å². The molecule has 0 radical (unpaired) electrons. The summed E-state index contributed by atoms with van der Waals surface area (Å²) in [5, 5.41) is 9.67. The van der Waals surface area contributed by atoms with Crippen LogP contribution in [0.4, 0.5) is 0 Å². The standard InChI is InChI=1S/C17H21NO2/c19-17(20)16-15-7-3-6-13(15)10-18(16)14-8-11-4-1-2-5-12(11)9-14/h1-2,4-5,13-16H,3,6-10H2,(H,19,20). The highest BCUT2D eigenvalue weighted by Gasteiger charge is 2.50. The van der Waals surface area contributed by atoms with E-state index in [1.54, 1.807) is 0 Å². The molecule has 0 aromatic heterocycles. The van der Waals surface area contributed by atoms with Crippen LogP contribution in [0, 0.1) is 11.8 Å². The molecule has 1 heterocycles. The highest BCUT2D eigenvalue weighted by atomic mass is 16.4. The van der Waals surface area contributed by atoms with E-state index in [1.165, 1.54) is 24.0 Å². The maximum atomic E-state index is 11.7. The Morgan fingerprint density at radius 2 is 1.85 bits per heavy atom. The van der Waals surface area contributed by atoms with E-state index in [1.807, 2.05) is 0 Å². The summed E-state index contributed by atoms with van der Waals surface area (Å²) in [7, 11) is 0. The fourth-order valence-electron chi connectivity index (χ4n) is 4.81. The highest BCUT2D eigenvalue weighted by molar-refractivity contribution is 5.74. The molecule has 3 unspecified atom stereocenters. The van der Waals surface area contributed by atoms with Gasteiger partial charge in [-0.25, -0.2) is 0 Å². The minimum Gasteiger partial charge on any atom is -0.480 e. The fourth-order valence-corrected chi connectivity index (χ4v) is 4.81. The molecule has 0 spiro atoms. The van der Waals surface area contributed by atoms with Gasteiger partial charge in [-0.05, 0) is 48.6 Å². The molecule has 0 bridgehead atoms. The van der Waals surface area contributed by atoms with Crippen molar-refractivity contribution in [2.24, 2.45) is 11.8 Å². The maximum absolute atomic E-state index is 11.7. The number of hydrogen-bond donors (Lipinski definition) is 1. The number of likely N-dealkylation sites (tertiary alicyclic amines) is 1. The van der Waals surface area contributed by atoms with Gasteiger partial charge in [0.05, 0.1) is 0 Å². The lowest BCUT2D eigenvalue weighted by molar-refractivity contribution is -0.144. The Balaban J connectivity index is 1.59.